The van der Waals surface area contributed by atoms with Gasteiger partial charge in [-0.25, -0.2) is 0 Å². The minimum atomic E-state index is -4.18. The van der Waals surface area contributed by atoms with Crippen molar-refractivity contribution in [1.29, 1.82) is 0 Å². The number of rotatable bonds is 3. The zero-order valence-electron chi connectivity index (χ0n) is 6.52. The summed E-state index contributed by atoms with van der Waals surface area (Å²) in [6, 6.07) is 0. The largest absolute Gasteiger partial charge is 0.401 e. The number of halogens is 3. The highest BCUT2D eigenvalue weighted by Crippen LogP contribution is 2.15. The van der Waals surface area contributed by atoms with Gasteiger partial charge < -0.3 is 5.11 Å². The maximum Gasteiger partial charge on any atom is 0.401 e. The smallest absolute Gasteiger partial charge is 0.392 e. The van der Waals surface area contributed by atoms with E-state index in [1.165, 1.54) is 14.0 Å². The fourth-order valence-electron chi connectivity index (χ4n) is 0.822. The van der Waals surface area contributed by atoms with E-state index in [2.05, 4.69) is 0 Å². The Morgan fingerprint density at radius 1 is 1.45 bits per heavy atom. The van der Waals surface area contributed by atoms with Gasteiger partial charge in [0.1, 0.15) is 0 Å². The van der Waals surface area contributed by atoms with Gasteiger partial charge in [-0.3, -0.25) is 4.90 Å². The number of hydrogen-bond donors (Lipinski definition) is 1. The normalized spacial score (nSPS) is 15.5. The third-order valence-electron chi connectivity index (χ3n) is 1.03. The molecule has 1 N–H and O–H groups in total. The van der Waals surface area contributed by atoms with Crippen molar-refractivity contribution >= 4 is 0 Å². The molecule has 0 unspecified atom stereocenters. The Morgan fingerprint density at radius 2 is 1.91 bits per heavy atom. The Labute approximate surface area is 63.6 Å². The Hall–Kier alpha value is -0.290. The first-order valence-corrected chi connectivity index (χ1v) is 3.24. The summed E-state index contributed by atoms with van der Waals surface area (Å²) >= 11 is 0. The van der Waals surface area contributed by atoms with Crippen LogP contribution in [0.15, 0.2) is 0 Å². The van der Waals surface area contributed by atoms with Gasteiger partial charge in [0.05, 0.1) is 12.6 Å². The monoisotopic (exact) mass is 171 g/mol. The predicted octanol–water partition coefficient (Wildman–Crippen LogP) is 0.861. The summed E-state index contributed by atoms with van der Waals surface area (Å²) in [6.45, 7) is 0.518. The average Bonchev–Trinajstić information content (AvgIpc) is 1.53. The van der Waals surface area contributed by atoms with Crippen LogP contribution in [0, 0.1) is 0 Å². The van der Waals surface area contributed by atoms with Gasteiger partial charge in [-0.05, 0) is 14.0 Å². The van der Waals surface area contributed by atoms with Crippen molar-refractivity contribution in [1.82, 2.24) is 4.90 Å². The summed E-state index contributed by atoms with van der Waals surface area (Å²) in [5, 5.41) is 8.71. The summed E-state index contributed by atoms with van der Waals surface area (Å²) in [6.07, 6.45) is -4.90. The predicted molar refractivity (Wildman–Crippen MR) is 35.2 cm³/mol. The quantitative estimate of drug-likeness (QED) is 0.680. The lowest BCUT2D eigenvalue weighted by Crippen LogP contribution is -2.35. The maximum atomic E-state index is 11.6. The molecular weight excluding hydrogens is 159 g/mol. The molecule has 0 spiro atoms. The highest BCUT2D eigenvalue weighted by atomic mass is 19.4. The first-order chi connectivity index (χ1) is 4.81. The summed E-state index contributed by atoms with van der Waals surface area (Å²) in [7, 11) is 1.32. The molecule has 0 saturated carbocycles. The number of aliphatic hydroxyl groups excluding tert-OH is 1. The number of aliphatic hydroxyl groups is 1. The molecule has 0 aliphatic carbocycles. The van der Waals surface area contributed by atoms with Crippen LogP contribution in [-0.4, -0.2) is 42.4 Å². The molecule has 0 bridgehead atoms. The summed E-state index contributed by atoms with van der Waals surface area (Å²) in [5.41, 5.74) is 0. The van der Waals surface area contributed by atoms with Crippen molar-refractivity contribution in [2.45, 2.75) is 19.2 Å². The molecule has 0 aromatic rings. The fourth-order valence-corrected chi connectivity index (χ4v) is 0.822. The van der Waals surface area contributed by atoms with E-state index < -0.39 is 18.8 Å². The average molecular weight is 171 g/mol. The van der Waals surface area contributed by atoms with Crippen molar-refractivity contribution in [3.8, 4) is 0 Å². The second kappa shape index (κ2) is 3.92. The van der Waals surface area contributed by atoms with Crippen LogP contribution in [0.5, 0.6) is 0 Å². The van der Waals surface area contributed by atoms with E-state index >= 15 is 0 Å². The minimum Gasteiger partial charge on any atom is -0.392 e. The number of hydrogen-bond acceptors (Lipinski definition) is 2. The van der Waals surface area contributed by atoms with Crippen molar-refractivity contribution in [3.05, 3.63) is 0 Å². The Kier molecular flexibility index (Phi) is 3.82. The Balaban J connectivity index is 3.61. The van der Waals surface area contributed by atoms with Crippen molar-refractivity contribution in [3.63, 3.8) is 0 Å². The third kappa shape index (κ3) is 7.61. The van der Waals surface area contributed by atoms with Gasteiger partial charge in [-0.15, -0.1) is 0 Å². The molecule has 1 atom stereocenters. The van der Waals surface area contributed by atoms with Crippen LogP contribution < -0.4 is 0 Å². The zero-order valence-corrected chi connectivity index (χ0v) is 6.52. The van der Waals surface area contributed by atoms with E-state index in [4.69, 9.17) is 5.11 Å². The molecule has 11 heavy (non-hydrogen) atoms. The topological polar surface area (TPSA) is 23.5 Å². The first kappa shape index (κ1) is 10.7. The zero-order chi connectivity index (χ0) is 9.07. The number of likely N-dealkylation sites (N-methyl/N-ethyl adjacent to an activating group) is 1. The molecule has 0 aliphatic heterocycles. The van der Waals surface area contributed by atoms with Gasteiger partial charge in [0.15, 0.2) is 0 Å². The van der Waals surface area contributed by atoms with Crippen LogP contribution >= 0.6 is 0 Å². The van der Waals surface area contributed by atoms with E-state index in [1.54, 1.807) is 0 Å². The van der Waals surface area contributed by atoms with Crippen molar-refractivity contribution < 1.29 is 18.3 Å². The Morgan fingerprint density at radius 3 is 2.18 bits per heavy atom. The standard InChI is InChI=1S/C6H12F3NO/c1-5(11)3-10(2)4-6(7,8)9/h5,11H,3-4H2,1-2H3/t5-/m1/s1. The van der Waals surface area contributed by atoms with Crippen molar-refractivity contribution in [2.75, 3.05) is 20.1 Å². The molecule has 68 valence electrons. The molecule has 0 aromatic heterocycles. The van der Waals surface area contributed by atoms with E-state index in [-0.39, 0.29) is 6.54 Å². The molecule has 2 nitrogen and oxygen atoms in total. The highest BCUT2D eigenvalue weighted by Gasteiger charge is 2.29. The molecule has 0 amide bonds. The summed E-state index contributed by atoms with van der Waals surface area (Å²) in [4.78, 5) is 1.03. The molecule has 5 heteroatoms. The second-order valence-corrected chi connectivity index (χ2v) is 2.66. The number of alkyl halides is 3. The SMILES string of the molecule is C[C@@H](O)CN(C)CC(F)(F)F. The van der Waals surface area contributed by atoms with Crippen molar-refractivity contribution in [2.24, 2.45) is 0 Å². The van der Waals surface area contributed by atoms with Gasteiger partial charge in [0.2, 0.25) is 0 Å². The van der Waals surface area contributed by atoms with Crippen LogP contribution in [0.1, 0.15) is 6.92 Å². The molecule has 0 aliphatic rings. The minimum absolute atomic E-state index is 0.0412. The summed E-state index contributed by atoms with van der Waals surface area (Å²) < 4.78 is 34.9. The number of nitrogens with zero attached hydrogens (tertiary/aromatic N) is 1. The molecule has 0 radical (unpaired) electrons. The van der Waals surface area contributed by atoms with Gasteiger partial charge >= 0.3 is 6.18 Å². The third-order valence-corrected chi connectivity index (χ3v) is 1.03. The molecule has 0 rings (SSSR count). The fraction of sp³-hybridized carbons (Fsp3) is 1.00. The van der Waals surface area contributed by atoms with Crippen LogP contribution in [-0.2, 0) is 0 Å². The van der Waals surface area contributed by atoms with Gasteiger partial charge in [0.25, 0.3) is 0 Å². The van der Waals surface area contributed by atoms with Crippen LogP contribution in [0.4, 0.5) is 13.2 Å². The summed E-state index contributed by atoms with van der Waals surface area (Å²) in [5.74, 6) is 0. The van der Waals surface area contributed by atoms with Crippen LogP contribution in [0.3, 0.4) is 0 Å². The van der Waals surface area contributed by atoms with E-state index in [0.29, 0.717) is 0 Å². The van der Waals surface area contributed by atoms with E-state index in [9.17, 15) is 13.2 Å². The van der Waals surface area contributed by atoms with Crippen LogP contribution in [0.25, 0.3) is 0 Å². The van der Waals surface area contributed by atoms with Gasteiger partial charge in [-0.1, -0.05) is 0 Å². The lowest BCUT2D eigenvalue weighted by Gasteiger charge is -2.19. The van der Waals surface area contributed by atoms with E-state index in [1.807, 2.05) is 0 Å². The molecular formula is C6H12F3NO. The first-order valence-electron chi connectivity index (χ1n) is 3.24. The van der Waals surface area contributed by atoms with Crippen LogP contribution in [0.2, 0.25) is 0 Å². The van der Waals surface area contributed by atoms with Gasteiger partial charge in [-0.2, -0.15) is 13.2 Å². The lowest BCUT2D eigenvalue weighted by atomic mass is 10.4. The highest BCUT2D eigenvalue weighted by molar-refractivity contribution is 4.60. The lowest BCUT2D eigenvalue weighted by molar-refractivity contribution is -0.144. The molecule has 0 heterocycles. The maximum absolute atomic E-state index is 11.6. The Bertz CT molecular complexity index is 113. The van der Waals surface area contributed by atoms with E-state index in [0.717, 1.165) is 4.90 Å². The molecule has 0 saturated heterocycles. The second-order valence-electron chi connectivity index (χ2n) is 2.66. The molecule has 0 aromatic carbocycles. The molecule has 0 fully saturated rings. The van der Waals surface area contributed by atoms with Gasteiger partial charge in [0, 0.05) is 6.54 Å².